The van der Waals surface area contributed by atoms with Crippen molar-refractivity contribution in [2.75, 3.05) is 11.9 Å². The van der Waals surface area contributed by atoms with Crippen molar-refractivity contribution in [3.63, 3.8) is 0 Å². The van der Waals surface area contributed by atoms with Gasteiger partial charge in [0.1, 0.15) is 0 Å². The first-order valence-corrected chi connectivity index (χ1v) is 11.2. The van der Waals surface area contributed by atoms with Crippen LogP contribution in [-0.4, -0.2) is 25.2 Å². The van der Waals surface area contributed by atoms with Crippen LogP contribution in [0.15, 0.2) is 77.7 Å². The van der Waals surface area contributed by atoms with Crippen molar-refractivity contribution in [1.29, 1.82) is 0 Å². The predicted molar refractivity (Wildman–Crippen MR) is 120 cm³/mol. The van der Waals surface area contributed by atoms with Crippen LogP contribution < -0.4 is 5.32 Å². The number of aryl methyl sites for hydroxylation is 2. The highest BCUT2D eigenvalue weighted by atomic mass is 35.5. The van der Waals surface area contributed by atoms with Gasteiger partial charge in [-0.25, -0.2) is 8.42 Å². The van der Waals surface area contributed by atoms with Crippen molar-refractivity contribution in [2.24, 2.45) is 0 Å². The molecule has 3 aromatic rings. The minimum atomic E-state index is -3.91. The van der Waals surface area contributed by atoms with Crippen LogP contribution in [0.1, 0.15) is 16.7 Å². The molecule has 5 nitrogen and oxygen atoms in total. The number of carbonyl (C=O) groups excluding carboxylic acids is 1. The maximum atomic E-state index is 13.3. The summed E-state index contributed by atoms with van der Waals surface area (Å²) in [6.45, 7) is 3.45. The lowest BCUT2D eigenvalue weighted by Gasteiger charge is -2.22. The van der Waals surface area contributed by atoms with Crippen molar-refractivity contribution in [3.05, 3.63) is 94.5 Å². The highest BCUT2D eigenvalue weighted by Crippen LogP contribution is 2.23. The molecule has 0 aliphatic carbocycles. The van der Waals surface area contributed by atoms with Crippen molar-refractivity contribution < 1.29 is 13.2 Å². The summed E-state index contributed by atoms with van der Waals surface area (Å²) < 4.78 is 27.8. The lowest BCUT2D eigenvalue weighted by Crippen LogP contribution is -2.37. The molecule has 7 heteroatoms. The summed E-state index contributed by atoms with van der Waals surface area (Å²) in [5.74, 6) is -0.427. The molecule has 0 unspecified atom stereocenters. The Hall–Kier alpha value is -2.67. The minimum Gasteiger partial charge on any atom is -0.325 e. The second-order valence-electron chi connectivity index (χ2n) is 7.10. The van der Waals surface area contributed by atoms with Gasteiger partial charge in [0.25, 0.3) is 0 Å². The molecule has 0 aromatic heterocycles. The average molecular weight is 443 g/mol. The Balaban J connectivity index is 1.89. The molecule has 0 aliphatic rings. The Morgan fingerprint density at radius 3 is 2.30 bits per heavy atom. The Bertz CT molecular complexity index is 1150. The monoisotopic (exact) mass is 442 g/mol. The zero-order valence-corrected chi connectivity index (χ0v) is 18.4. The molecule has 0 spiro atoms. The molecule has 0 saturated carbocycles. The van der Waals surface area contributed by atoms with Gasteiger partial charge in [0.05, 0.1) is 11.4 Å². The van der Waals surface area contributed by atoms with Crippen LogP contribution in [0.5, 0.6) is 0 Å². The fraction of sp³-hybridized carbons (Fsp3) is 0.174. The molecule has 1 N–H and O–H groups in total. The number of nitrogens with one attached hydrogen (secondary N) is 1. The highest BCUT2D eigenvalue weighted by Gasteiger charge is 2.27. The number of carbonyl (C=O) groups is 1. The summed E-state index contributed by atoms with van der Waals surface area (Å²) in [6, 6.07) is 20.9. The van der Waals surface area contributed by atoms with E-state index in [-0.39, 0.29) is 18.0 Å². The first-order chi connectivity index (χ1) is 14.3. The van der Waals surface area contributed by atoms with E-state index in [0.717, 1.165) is 15.4 Å². The van der Waals surface area contributed by atoms with Gasteiger partial charge in [0, 0.05) is 17.3 Å². The van der Waals surface area contributed by atoms with E-state index in [2.05, 4.69) is 5.32 Å². The van der Waals surface area contributed by atoms with Crippen LogP contribution in [0, 0.1) is 13.8 Å². The van der Waals surface area contributed by atoms with Crippen molar-refractivity contribution in [3.8, 4) is 0 Å². The molecule has 0 fully saturated rings. The molecule has 3 aromatic carbocycles. The third-order valence-electron chi connectivity index (χ3n) is 4.59. The van der Waals surface area contributed by atoms with Crippen LogP contribution in [0.3, 0.4) is 0 Å². The van der Waals surface area contributed by atoms with E-state index >= 15 is 0 Å². The third kappa shape index (κ3) is 5.48. The van der Waals surface area contributed by atoms with Gasteiger partial charge in [0.15, 0.2) is 0 Å². The SMILES string of the molecule is Cc1ccc(S(=O)(=O)N(CC(=O)Nc2cccc(C)c2)Cc2ccccc2Cl)cc1. The fourth-order valence-electron chi connectivity index (χ4n) is 2.99. The van der Waals surface area contributed by atoms with Gasteiger partial charge in [-0.15, -0.1) is 0 Å². The molecule has 3 rings (SSSR count). The Kier molecular flexibility index (Phi) is 6.92. The maximum absolute atomic E-state index is 13.3. The first kappa shape index (κ1) is 22.0. The second kappa shape index (κ2) is 9.43. The number of sulfonamides is 1. The number of nitrogens with zero attached hydrogens (tertiary/aromatic N) is 1. The smallest absolute Gasteiger partial charge is 0.243 e. The van der Waals surface area contributed by atoms with Gasteiger partial charge in [-0.05, 0) is 55.3 Å². The summed E-state index contributed by atoms with van der Waals surface area (Å²) in [7, 11) is -3.91. The van der Waals surface area contributed by atoms with Gasteiger partial charge in [0.2, 0.25) is 15.9 Å². The minimum absolute atomic E-state index is 0.0167. The van der Waals surface area contributed by atoms with Gasteiger partial charge in [-0.1, -0.05) is 59.6 Å². The van der Waals surface area contributed by atoms with Gasteiger partial charge >= 0.3 is 0 Å². The van der Waals surface area contributed by atoms with Crippen LogP contribution in [-0.2, 0) is 21.4 Å². The molecule has 0 aliphatic heterocycles. The van der Waals surface area contributed by atoms with E-state index in [9.17, 15) is 13.2 Å². The Morgan fingerprint density at radius 1 is 0.933 bits per heavy atom. The van der Waals surface area contributed by atoms with Crippen LogP contribution in [0.2, 0.25) is 5.02 Å². The summed E-state index contributed by atoms with van der Waals surface area (Å²) in [4.78, 5) is 12.8. The van der Waals surface area contributed by atoms with E-state index in [0.29, 0.717) is 16.3 Å². The average Bonchev–Trinajstić information content (AvgIpc) is 2.69. The quantitative estimate of drug-likeness (QED) is 0.572. The van der Waals surface area contributed by atoms with Crippen LogP contribution in [0.25, 0.3) is 0 Å². The van der Waals surface area contributed by atoms with Crippen LogP contribution in [0.4, 0.5) is 5.69 Å². The lowest BCUT2D eigenvalue weighted by atomic mass is 10.2. The normalized spacial score (nSPS) is 11.5. The summed E-state index contributed by atoms with van der Waals surface area (Å²) in [5, 5.41) is 3.21. The molecule has 0 saturated heterocycles. The van der Waals surface area contributed by atoms with E-state index in [1.54, 1.807) is 54.6 Å². The summed E-state index contributed by atoms with van der Waals surface area (Å²) in [6.07, 6.45) is 0. The topological polar surface area (TPSA) is 66.5 Å². The van der Waals surface area contributed by atoms with E-state index in [1.165, 1.54) is 0 Å². The van der Waals surface area contributed by atoms with Crippen LogP contribution >= 0.6 is 11.6 Å². The first-order valence-electron chi connectivity index (χ1n) is 9.42. The maximum Gasteiger partial charge on any atom is 0.243 e. The molecule has 30 heavy (non-hydrogen) atoms. The van der Waals surface area contributed by atoms with E-state index in [4.69, 9.17) is 11.6 Å². The largest absolute Gasteiger partial charge is 0.325 e. The fourth-order valence-corrected chi connectivity index (χ4v) is 4.56. The molecule has 0 radical (unpaired) electrons. The highest BCUT2D eigenvalue weighted by molar-refractivity contribution is 7.89. The van der Waals surface area contributed by atoms with Crippen molar-refractivity contribution in [1.82, 2.24) is 4.31 Å². The van der Waals surface area contributed by atoms with Crippen molar-refractivity contribution >= 4 is 33.2 Å². The van der Waals surface area contributed by atoms with E-state index in [1.807, 2.05) is 32.0 Å². The standard InChI is InChI=1S/C23H23ClN2O3S/c1-17-10-12-21(13-11-17)30(28,29)26(15-19-7-3-4-9-22(19)24)16-23(27)25-20-8-5-6-18(2)14-20/h3-14H,15-16H2,1-2H3,(H,25,27). The number of benzene rings is 3. The molecular weight excluding hydrogens is 420 g/mol. The van der Waals surface area contributed by atoms with E-state index < -0.39 is 15.9 Å². The second-order valence-corrected chi connectivity index (χ2v) is 9.44. The molecule has 1 amide bonds. The lowest BCUT2D eigenvalue weighted by molar-refractivity contribution is -0.116. The third-order valence-corrected chi connectivity index (χ3v) is 6.76. The zero-order chi connectivity index (χ0) is 21.7. The Labute approximate surface area is 182 Å². The molecule has 156 valence electrons. The zero-order valence-electron chi connectivity index (χ0n) is 16.8. The van der Waals surface area contributed by atoms with Gasteiger partial charge in [-0.2, -0.15) is 4.31 Å². The number of halogens is 1. The van der Waals surface area contributed by atoms with Crippen molar-refractivity contribution in [2.45, 2.75) is 25.3 Å². The summed E-state index contributed by atoms with van der Waals surface area (Å²) >= 11 is 6.25. The number of amides is 1. The molecule has 0 bridgehead atoms. The predicted octanol–water partition coefficient (Wildman–Crippen LogP) is 4.79. The number of hydrogen-bond donors (Lipinski definition) is 1. The Morgan fingerprint density at radius 2 is 1.63 bits per heavy atom. The van der Waals surface area contributed by atoms with Gasteiger partial charge in [-0.3, -0.25) is 4.79 Å². The molecule has 0 atom stereocenters. The number of rotatable bonds is 7. The number of hydrogen-bond acceptors (Lipinski definition) is 3. The molecular formula is C23H23ClN2O3S. The van der Waals surface area contributed by atoms with Gasteiger partial charge < -0.3 is 5.32 Å². The number of anilines is 1. The molecule has 0 heterocycles. The summed E-state index contributed by atoms with van der Waals surface area (Å²) in [5.41, 5.74) is 3.18.